The molecule has 0 saturated carbocycles. The van der Waals surface area contributed by atoms with Crippen LogP contribution in [0.3, 0.4) is 0 Å². The summed E-state index contributed by atoms with van der Waals surface area (Å²) in [5, 5.41) is 5.55. The van der Waals surface area contributed by atoms with Crippen LogP contribution in [0.2, 0.25) is 0 Å². The molecule has 0 aliphatic rings. The molecule has 0 aliphatic heterocycles. The van der Waals surface area contributed by atoms with Crippen molar-refractivity contribution in [3.8, 4) is 16.8 Å². The quantitative estimate of drug-likeness (QED) is 0.210. The van der Waals surface area contributed by atoms with Gasteiger partial charge in [0.1, 0.15) is 22.3 Å². The van der Waals surface area contributed by atoms with Gasteiger partial charge in [-0.3, -0.25) is 4.79 Å². The lowest BCUT2D eigenvalue weighted by Gasteiger charge is -2.11. The summed E-state index contributed by atoms with van der Waals surface area (Å²) in [6.07, 6.45) is 0. The topological polar surface area (TPSA) is 48.3 Å². The third-order valence-electron chi connectivity index (χ3n) is 8.20. The van der Waals surface area contributed by atoms with E-state index in [1.165, 1.54) is 0 Å². The molecule has 6 aromatic carbocycles. The molecule has 0 atom stereocenters. The van der Waals surface area contributed by atoms with Crippen molar-refractivity contribution in [1.82, 2.24) is 4.57 Å². The second-order valence-electron chi connectivity index (χ2n) is 10.4. The fourth-order valence-electron chi connectivity index (χ4n) is 6.42. The number of furan rings is 1. The maximum atomic E-state index is 14.2. The number of rotatable bonds is 2. The lowest BCUT2D eigenvalue weighted by Crippen LogP contribution is -2.05. The Kier molecular flexibility index (Phi) is 4.44. The van der Waals surface area contributed by atoms with Gasteiger partial charge in [-0.15, -0.1) is 0 Å². The molecule has 0 saturated heterocycles. The largest absolute Gasteiger partial charge is 0.456 e. The van der Waals surface area contributed by atoms with Crippen molar-refractivity contribution in [2.45, 2.75) is 0 Å². The second-order valence-corrected chi connectivity index (χ2v) is 10.4. The van der Waals surface area contributed by atoms with E-state index in [-0.39, 0.29) is 5.43 Å². The van der Waals surface area contributed by atoms with E-state index in [9.17, 15) is 4.79 Å². The molecule has 3 aromatic heterocycles. The molecular formula is C37H21NO3. The van der Waals surface area contributed by atoms with Gasteiger partial charge in [-0.2, -0.15) is 0 Å². The zero-order valence-electron chi connectivity index (χ0n) is 21.8. The maximum absolute atomic E-state index is 14.2. The Morgan fingerprint density at radius 1 is 0.488 bits per heavy atom. The monoisotopic (exact) mass is 527 g/mol. The van der Waals surface area contributed by atoms with E-state index < -0.39 is 0 Å². The van der Waals surface area contributed by atoms with Gasteiger partial charge in [0.05, 0.1) is 27.2 Å². The predicted molar refractivity (Wildman–Crippen MR) is 167 cm³/mol. The van der Waals surface area contributed by atoms with Gasteiger partial charge >= 0.3 is 0 Å². The first-order valence-electron chi connectivity index (χ1n) is 13.6. The Morgan fingerprint density at radius 2 is 1.17 bits per heavy atom. The summed E-state index contributed by atoms with van der Waals surface area (Å²) in [4.78, 5) is 14.2. The highest BCUT2D eigenvalue weighted by Crippen LogP contribution is 2.41. The average Bonchev–Trinajstić information content (AvgIpc) is 3.57. The van der Waals surface area contributed by atoms with E-state index in [1.54, 1.807) is 0 Å². The van der Waals surface area contributed by atoms with Gasteiger partial charge in [0.15, 0.2) is 0 Å². The molecule has 0 N–H and O–H groups in total. The SMILES string of the molecule is O=c1c2cc(-n3c4ccccc4c4ccc5oc6ccccc6c5c43)ccc2oc2cccc(-c3ccccc3)c12. The predicted octanol–water partition coefficient (Wildman–Crippen LogP) is 9.61. The van der Waals surface area contributed by atoms with Crippen molar-refractivity contribution in [3.05, 3.63) is 138 Å². The van der Waals surface area contributed by atoms with Crippen molar-refractivity contribution >= 4 is 65.7 Å². The summed E-state index contributed by atoms with van der Waals surface area (Å²) in [7, 11) is 0. The minimum absolute atomic E-state index is 0.0396. The highest BCUT2D eigenvalue weighted by molar-refractivity contribution is 6.24. The Bertz CT molecular complexity index is 2550. The van der Waals surface area contributed by atoms with E-state index >= 15 is 0 Å². The molecular weight excluding hydrogens is 506 g/mol. The molecule has 0 amide bonds. The number of benzene rings is 6. The van der Waals surface area contributed by atoms with Crippen molar-refractivity contribution in [1.29, 1.82) is 0 Å². The van der Waals surface area contributed by atoms with Crippen molar-refractivity contribution in [2.24, 2.45) is 0 Å². The third kappa shape index (κ3) is 3.07. The minimum Gasteiger partial charge on any atom is -0.456 e. The van der Waals surface area contributed by atoms with Crippen LogP contribution in [-0.4, -0.2) is 4.57 Å². The average molecular weight is 528 g/mol. The van der Waals surface area contributed by atoms with E-state index in [1.807, 2.05) is 84.9 Å². The number of para-hydroxylation sites is 2. The molecule has 192 valence electrons. The zero-order valence-corrected chi connectivity index (χ0v) is 21.8. The summed E-state index contributed by atoms with van der Waals surface area (Å²) in [6.45, 7) is 0. The third-order valence-corrected chi connectivity index (χ3v) is 8.20. The Labute approximate surface area is 233 Å². The van der Waals surface area contributed by atoms with Gasteiger partial charge < -0.3 is 13.4 Å². The number of aromatic nitrogens is 1. The molecule has 0 aliphatic carbocycles. The van der Waals surface area contributed by atoms with Crippen LogP contribution in [-0.2, 0) is 0 Å². The smallest absolute Gasteiger partial charge is 0.201 e. The van der Waals surface area contributed by atoms with Crippen molar-refractivity contribution < 1.29 is 8.83 Å². The standard InChI is InChI=1S/C37H21NO3/c39-37-28-21-23(17-19-31(28)41-32-16-8-13-24(35(32)37)22-9-2-1-3-10-22)38-29-14-6-4-11-25(29)26-18-20-33-34(36(26)38)27-12-5-7-15-30(27)40-33/h1-21H. The van der Waals surface area contributed by atoms with Crippen molar-refractivity contribution in [2.75, 3.05) is 0 Å². The van der Waals surface area contributed by atoms with Crippen LogP contribution in [0.15, 0.2) is 141 Å². The van der Waals surface area contributed by atoms with Crippen LogP contribution in [0.5, 0.6) is 0 Å². The van der Waals surface area contributed by atoms with Gasteiger partial charge in [0.25, 0.3) is 0 Å². The molecule has 0 fully saturated rings. The molecule has 0 spiro atoms. The molecule has 41 heavy (non-hydrogen) atoms. The fourth-order valence-corrected chi connectivity index (χ4v) is 6.42. The Hall–Kier alpha value is -5.61. The van der Waals surface area contributed by atoms with E-state index in [0.717, 1.165) is 60.6 Å². The van der Waals surface area contributed by atoms with E-state index in [0.29, 0.717) is 21.9 Å². The van der Waals surface area contributed by atoms with Crippen LogP contribution < -0.4 is 5.43 Å². The van der Waals surface area contributed by atoms with Gasteiger partial charge in [-0.1, -0.05) is 78.9 Å². The molecule has 0 radical (unpaired) electrons. The number of hydrogen-bond donors (Lipinski definition) is 0. The molecule has 3 heterocycles. The van der Waals surface area contributed by atoms with Gasteiger partial charge in [0, 0.05) is 21.8 Å². The van der Waals surface area contributed by atoms with Crippen LogP contribution in [0.1, 0.15) is 0 Å². The first-order valence-corrected chi connectivity index (χ1v) is 13.6. The fraction of sp³-hybridized carbons (Fsp3) is 0. The highest BCUT2D eigenvalue weighted by atomic mass is 16.3. The summed E-state index contributed by atoms with van der Waals surface area (Å²) in [6, 6.07) is 42.4. The molecule has 4 nitrogen and oxygen atoms in total. The number of fused-ring (bicyclic) bond motifs is 9. The van der Waals surface area contributed by atoms with Gasteiger partial charge in [-0.05, 0) is 59.7 Å². The van der Waals surface area contributed by atoms with Crippen LogP contribution in [0, 0.1) is 0 Å². The van der Waals surface area contributed by atoms with Crippen molar-refractivity contribution in [3.63, 3.8) is 0 Å². The second kappa shape index (κ2) is 8.20. The highest BCUT2D eigenvalue weighted by Gasteiger charge is 2.20. The Balaban J connectivity index is 1.41. The molecule has 0 bridgehead atoms. The van der Waals surface area contributed by atoms with Crippen LogP contribution in [0.4, 0.5) is 0 Å². The van der Waals surface area contributed by atoms with Gasteiger partial charge in [-0.25, -0.2) is 0 Å². The molecule has 4 heteroatoms. The molecule has 9 aromatic rings. The van der Waals surface area contributed by atoms with E-state index in [2.05, 4.69) is 47.0 Å². The lowest BCUT2D eigenvalue weighted by molar-refractivity contribution is 0.660. The summed E-state index contributed by atoms with van der Waals surface area (Å²) in [5.41, 5.74) is 7.67. The van der Waals surface area contributed by atoms with Gasteiger partial charge in [0.2, 0.25) is 5.43 Å². The zero-order chi connectivity index (χ0) is 27.1. The van der Waals surface area contributed by atoms with Crippen LogP contribution >= 0.6 is 0 Å². The molecule has 0 unspecified atom stereocenters. The maximum Gasteiger partial charge on any atom is 0.201 e. The first-order chi connectivity index (χ1) is 20.3. The lowest BCUT2D eigenvalue weighted by atomic mass is 9.99. The number of nitrogens with zero attached hydrogens (tertiary/aromatic N) is 1. The minimum atomic E-state index is -0.0396. The normalized spacial score (nSPS) is 12.0. The summed E-state index contributed by atoms with van der Waals surface area (Å²) < 4.78 is 14.8. The summed E-state index contributed by atoms with van der Waals surface area (Å²) in [5.74, 6) is 0. The van der Waals surface area contributed by atoms with E-state index in [4.69, 9.17) is 8.83 Å². The first kappa shape index (κ1) is 22.2. The van der Waals surface area contributed by atoms with Crippen LogP contribution in [0.25, 0.3) is 82.5 Å². The molecule has 9 rings (SSSR count). The summed E-state index contributed by atoms with van der Waals surface area (Å²) >= 11 is 0. The number of hydrogen-bond acceptors (Lipinski definition) is 3. The Morgan fingerprint density at radius 3 is 2.05 bits per heavy atom.